The highest BCUT2D eigenvalue weighted by molar-refractivity contribution is 5.97. The highest BCUT2D eigenvalue weighted by Crippen LogP contribution is 2.24. The van der Waals surface area contributed by atoms with Crippen LogP contribution in [0.4, 0.5) is 4.39 Å². The van der Waals surface area contributed by atoms with Gasteiger partial charge in [0, 0.05) is 31.1 Å². The van der Waals surface area contributed by atoms with Crippen LogP contribution in [0.1, 0.15) is 17.5 Å². The van der Waals surface area contributed by atoms with E-state index in [0.717, 1.165) is 5.56 Å². The molecule has 146 valence electrons. The maximum Gasteiger partial charge on any atom is 0.246 e. The number of hydrogen-bond acceptors (Lipinski definition) is 4. The third-order valence-corrected chi connectivity index (χ3v) is 5.42. The summed E-state index contributed by atoms with van der Waals surface area (Å²) in [7, 11) is 0. The van der Waals surface area contributed by atoms with Crippen LogP contribution in [0, 0.1) is 5.82 Å². The Morgan fingerprint density at radius 1 is 1.14 bits per heavy atom. The number of hydrogen-bond donors (Lipinski definition) is 3. The summed E-state index contributed by atoms with van der Waals surface area (Å²) in [5, 5.41) is 15.5. The van der Waals surface area contributed by atoms with Gasteiger partial charge in [-0.1, -0.05) is 30.3 Å². The number of fused-ring (bicyclic) bond motifs is 1. The van der Waals surface area contributed by atoms with E-state index in [4.69, 9.17) is 0 Å². The van der Waals surface area contributed by atoms with Crippen molar-refractivity contribution in [3.05, 3.63) is 65.5 Å². The number of nitrogens with zero attached hydrogens (tertiary/aromatic N) is 1. The van der Waals surface area contributed by atoms with Crippen molar-refractivity contribution in [1.29, 1.82) is 0 Å². The number of phenolic OH excluding ortho intramolecular Hbond substituents is 1. The molecular formula is C21H22FN3O3. The number of halogens is 1. The molecule has 0 spiro atoms. The van der Waals surface area contributed by atoms with Gasteiger partial charge in [-0.3, -0.25) is 9.59 Å². The van der Waals surface area contributed by atoms with Gasteiger partial charge in [0.15, 0.2) is 0 Å². The molecule has 28 heavy (non-hydrogen) atoms. The van der Waals surface area contributed by atoms with E-state index in [1.807, 2.05) is 0 Å². The second-order valence-electron chi connectivity index (χ2n) is 7.34. The largest absolute Gasteiger partial charge is 0.508 e. The van der Waals surface area contributed by atoms with Gasteiger partial charge in [-0.25, -0.2) is 4.39 Å². The first-order chi connectivity index (χ1) is 13.5. The predicted molar refractivity (Wildman–Crippen MR) is 101 cm³/mol. The number of rotatable bonds is 5. The summed E-state index contributed by atoms with van der Waals surface area (Å²) in [6.45, 7) is 0.780. The fraction of sp³-hybridized carbons (Fsp3) is 0.333. The maximum atomic E-state index is 13.8. The van der Waals surface area contributed by atoms with Crippen LogP contribution >= 0.6 is 0 Å². The van der Waals surface area contributed by atoms with E-state index >= 15 is 0 Å². The lowest BCUT2D eigenvalue weighted by Gasteiger charge is -2.34. The summed E-state index contributed by atoms with van der Waals surface area (Å²) in [4.78, 5) is 27.0. The number of piperazine rings is 1. The lowest BCUT2D eigenvalue weighted by atomic mass is 10.0. The number of benzene rings is 2. The Bertz CT molecular complexity index is 887. The zero-order valence-corrected chi connectivity index (χ0v) is 15.3. The molecule has 2 aromatic rings. The molecule has 2 fully saturated rings. The second kappa shape index (κ2) is 7.59. The standard InChI is InChI=1S/C21H22FN3O3/c22-17-4-2-1-3-14(17)11-23-15-10-19-20(27)24-18(21(28)25(19)12-15)9-13-5-7-16(26)8-6-13/h1-8,15,18-19,23,26H,9-12H2,(H,24,27)/t15-,18+,19-/m0/s1. The molecule has 0 saturated carbocycles. The molecule has 2 aliphatic heterocycles. The Hall–Kier alpha value is -2.93. The third kappa shape index (κ3) is 3.71. The Morgan fingerprint density at radius 2 is 1.89 bits per heavy atom. The quantitative estimate of drug-likeness (QED) is 0.728. The van der Waals surface area contributed by atoms with Gasteiger partial charge < -0.3 is 20.6 Å². The molecule has 2 heterocycles. The van der Waals surface area contributed by atoms with Crippen LogP contribution in [-0.2, 0) is 22.6 Å². The summed E-state index contributed by atoms with van der Waals surface area (Å²) in [6.07, 6.45) is 0.888. The Labute approximate surface area is 162 Å². The van der Waals surface area contributed by atoms with Crippen LogP contribution in [0.5, 0.6) is 5.75 Å². The molecule has 3 N–H and O–H groups in total. The van der Waals surface area contributed by atoms with E-state index in [9.17, 15) is 19.1 Å². The zero-order valence-electron chi connectivity index (χ0n) is 15.3. The fourth-order valence-corrected chi connectivity index (χ4v) is 3.91. The van der Waals surface area contributed by atoms with Crippen molar-refractivity contribution >= 4 is 11.8 Å². The highest BCUT2D eigenvalue weighted by atomic mass is 19.1. The molecular weight excluding hydrogens is 361 g/mol. The molecule has 2 amide bonds. The fourth-order valence-electron chi connectivity index (χ4n) is 3.91. The molecule has 4 rings (SSSR count). The van der Waals surface area contributed by atoms with Crippen molar-refractivity contribution in [2.45, 2.75) is 37.5 Å². The molecule has 6 nitrogen and oxygen atoms in total. The molecule has 0 radical (unpaired) electrons. The molecule has 3 atom stereocenters. The van der Waals surface area contributed by atoms with E-state index in [2.05, 4.69) is 10.6 Å². The molecule has 0 aliphatic carbocycles. The van der Waals surface area contributed by atoms with Crippen molar-refractivity contribution in [2.24, 2.45) is 0 Å². The molecule has 7 heteroatoms. The van der Waals surface area contributed by atoms with Gasteiger partial charge in [0.05, 0.1) is 0 Å². The van der Waals surface area contributed by atoms with E-state index in [-0.39, 0.29) is 29.4 Å². The molecule has 0 bridgehead atoms. The van der Waals surface area contributed by atoms with Crippen molar-refractivity contribution in [3.8, 4) is 5.75 Å². The van der Waals surface area contributed by atoms with Crippen LogP contribution in [0.15, 0.2) is 48.5 Å². The van der Waals surface area contributed by atoms with Gasteiger partial charge in [-0.2, -0.15) is 0 Å². The molecule has 2 aliphatic rings. The van der Waals surface area contributed by atoms with Gasteiger partial charge in [0.1, 0.15) is 23.7 Å². The van der Waals surface area contributed by atoms with Crippen LogP contribution < -0.4 is 10.6 Å². The zero-order chi connectivity index (χ0) is 19.7. The summed E-state index contributed by atoms with van der Waals surface area (Å²) >= 11 is 0. The number of carbonyl (C=O) groups excluding carboxylic acids is 2. The summed E-state index contributed by atoms with van der Waals surface area (Å²) in [5.74, 6) is -0.369. The van der Waals surface area contributed by atoms with Crippen LogP contribution in [0.25, 0.3) is 0 Å². The van der Waals surface area contributed by atoms with Crippen LogP contribution in [0.2, 0.25) is 0 Å². The first-order valence-corrected chi connectivity index (χ1v) is 9.37. The number of phenols is 1. The topological polar surface area (TPSA) is 81.7 Å². The van der Waals surface area contributed by atoms with Crippen LogP contribution in [0.3, 0.4) is 0 Å². The number of amides is 2. The Morgan fingerprint density at radius 3 is 2.64 bits per heavy atom. The lowest BCUT2D eigenvalue weighted by Crippen LogP contribution is -2.61. The average molecular weight is 383 g/mol. The molecule has 0 aromatic heterocycles. The Kier molecular flexibility index (Phi) is 5.00. The monoisotopic (exact) mass is 383 g/mol. The minimum Gasteiger partial charge on any atom is -0.508 e. The summed E-state index contributed by atoms with van der Waals surface area (Å²) < 4.78 is 13.8. The number of nitrogens with one attached hydrogen (secondary N) is 2. The first-order valence-electron chi connectivity index (χ1n) is 9.37. The van der Waals surface area contributed by atoms with Gasteiger partial charge in [0.25, 0.3) is 0 Å². The van der Waals surface area contributed by atoms with Gasteiger partial charge >= 0.3 is 0 Å². The van der Waals surface area contributed by atoms with E-state index < -0.39 is 12.1 Å². The Balaban J connectivity index is 1.40. The third-order valence-electron chi connectivity index (χ3n) is 5.42. The normalized spacial score (nSPS) is 24.2. The number of aromatic hydroxyl groups is 1. The van der Waals surface area contributed by atoms with E-state index in [0.29, 0.717) is 31.5 Å². The van der Waals surface area contributed by atoms with Gasteiger partial charge in [0.2, 0.25) is 11.8 Å². The van der Waals surface area contributed by atoms with Gasteiger partial charge in [-0.15, -0.1) is 0 Å². The molecule has 0 unspecified atom stereocenters. The summed E-state index contributed by atoms with van der Waals surface area (Å²) in [6, 6.07) is 12.0. The predicted octanol–water partition coefficient (Wildman–Crippen LogP) is 1.33. The lowest BCUT2D eigenvalue weighted by molar-refractivity contribution is -0.147. The highest BCUT2D eigenvalue weighted by Gasteiger charge is 2.46. The van der Waals surface area contributed by atoms with Crippen molar-refractivity contribution in [1.82, 2.24) is 15.5 Å². The summed E-state index contributed by atoms with van der Waals surface area (Å²) in [5.41, 5.74) is 1.43. The first kappa shape index (κ1) is 18.4. The van der Waals surface area contributed by atoms with E-state index in [1.165, 1.54) is 6.07 Å². The number of carbonyl (C=O) groups is 2. The van der Waals surface area contributed by atoms with Crippen molar-refractivity contribution in [3.63, 3.8) is 0 Å². The SMILES string of the molecule is O=C1N[C@H](Cc2ccc(O)cc2)C(=O)N2C[C@@H](NCc3ccccc3F)C[C@@H]12. The van der Waals surface area contributed by atoms with Crippen molar-refractivity contribution in [2.75, 3.05) is 6.54 Å². The molecule has 2 saturated heterocycles. The minimum absolute atomic E-state index is 0.0632. The van der Waals surface area contributed by atoms with Gasteiger partial charge in [-0.05, 0) is 30.2 Å². The smallest absolute Gasteiger partial charge is 0.246 e. The molecule has 2 aromatic carbocycles. The second-order valence-corrected chi connectivity index (χ2v) is 7.34. The minimum atomic E-state index is -0.612. The van der Waals surface area contributed by atoms with Crippen molar-refractivity contribution < 1.29 is 19.1 Å². The van der Waals surface area contributed by atoms with E-state index in [1.54, 1.807) is 47.4 Å². The van der Waals surface area contributed by atoms with Crippen LogP contribution in [-0.4, -0.2) is 46.5 Å². The maximum absolute atomic E-state index is 13.8. The average Bonchev–Trinajstić information content (AvgIpc) is 3.12.